The first-order valence-corrected chi connectivity index (χ1v) is 11.4. The molecule has 3 aromatic carbocycles. The Morgan fingerprint density at radius 2 is 1.29 bits per heavy atom. The lowest BCUT2D eigenvalue weighted by Crippen LogP contribution is -2.31. The van der Waals surface area contributed by atoms with E-state index in [4.69, 9.17) is 5.73 Å². The summed E-state index contributed by atoms with van der Waals surface area (Å²) in [5.74, 6) is 0. The summed E-state index contributed by atoms with van der Waals surface area (Å²) in [7, 11) is 0. The van der Waals surface area contributed by atoms with Crippen molar-refractivity contribution >= 4 is 17.3 Å². The number of fused-ring (bicyclic) bond motifs is 2. The predicted octanol–water partition coefficient (Wildman–Crippen LogP) is 5.98. The van der Waals surface area contributed by atoms with E-state index in [0.29, 0.717) is 0 Å². The molecule has 0 radical (unpaired) electrons. The highest BCUT2D eigenvalue weighted by molar-refractivity contribution is 5.86. The van der Waals surface area contributed by atoms with Crippen LogP contribution < -0.4 is 5.73 Å². The predicted molar refractivity (Wildman–Crippen MR) is 132 cm³/mol. The summed E-state index contributed by atoms with van der Waals surface area (Å²) in [5, 5.41) is 0. The third-order valence-electron chi connectivity index (χ3n) is 6.66. The fourth-order valence-electron chi connectivity index (χ4n) is 4.96. The maximum atomic E-state index is 5.78. The maximum absolute atomic E-state index is 5.78. The number of anilines is 1. The van der Waals surface area contributed by atoms with Crippen LogP contribution in [0.1, 0.15) is 40.7 Å². The van der Waals surface area contributed by atoms with E-state index in [1.54, 1.807) is 5.57 Å². The molecule has 1 fully saturated rings. The molecule has 2 heteroatoms. The van der Waals surface area contributed by atoms with Gasteiger partial charge in [0.15, 0.2) is 0 Å². The summed E-state index contributed by atoms with van der Waals surface area (Å²) >= 11 is 0. The van der Waals surface area contributed by atoms with E-state index < -0.39 is 0 Å². The Balaban J connectivity index is 1.35. The van der Waals surface area contributed by atoms with Crippen molar-refractivity contribution in [1.82, 2.24) is 4.90 Å². The first-order chi connectivity index (χ1) is 15.3. The van der Waals surface area contributed by atoms with Gasteiger partial charge >= 0.3 is 0 Å². The molecule has 0 spiro atoms. The Kier molecular flexibility index (Phi) is 5.73. The fourth-order valence-corrected chi connectivity index (χ4v) is 4.96. The smallest absolute Gasteiger partial charge is 0.0314 e. The van der Waals surface area contributed by atoms with Gasteiger partial charge in [-0.25, -0.2) is 0 Å². The van der Waals surface area contributed by atoms with Crippen LogP contribution in [0.3, 0.4) is 0 Å². The third kappa shape index (κ3) is 4.35. The van der Waals surface area contributed by atoms with Gasteiger partial charge in [0.1, 0.15) is 0 Å². The zero-order valence-electron chi connectivity index (χ0n) is 18.1. The van der Waals surface area contributed by atoms with E-state index >= 15 is 0 Å². The second-order valence-corrected chi connectivity index (χ2v) is 8.66. The van der Waals surface area contributed by atoms with E-state index in [2.05, 4.69) is 77.7 Å². The molecule has 1 saturated heterocycles. The van der Waals surface area contributed by atoms with Crippen molar-refractivity contribution in [3.63, 3.8) is 0 Å². The molecule has 2 aliphatic rings. The van der Waals surface area contributed by atoms with Crippen LogP contribution in [0.2, 0.25) is 0 Å². The van der Waals surface area contributed by atoms with Gasteiger partial charge in [0.25, 0.3) is 0 Å². The van der Waals surface area contributed by atoms with Gasteiger partial charge in [-0.3, -0.25) is 4.90 Å². The van der Waals surface area contributed by atoms with Crippen LogP contribution >= 0.6 is 0 Å². The van der Waals surface area contributed by atoms with Crippen molar-refractivity contribution < 1.29 is 0 Å². The van der Waals surface area contributed by atoms with E-state index in [1.165, 1.54) is 33.4 Å². The summed E-state index contributed by atoms with van der Waals surface area (Å²) in [4.78, 5) is 2.56. The molecule has 0 atom stereocenters. The summed E-state index contributed by atoms with van der Waals surface area (Å²) in [6, 6.07) is 26.1. The summed E-state index contributed by atoms with van der Waals surface area (Å²) in [5.41, 5.74) is 16.8. The highest BCUT2D eigenvalue weighted by atomic mass is 15.1. The van der Waals surface area contributed by atoms with E-state index in [-0.39, 0.29) is 0 Å². The Bertz CT molecular complexity index is 1060. The van der Waals surface area contributed by atoms with Crippen molar-refractivity contribution in [2.45, 2.75) is 25.7 Å². The molecule has 0 saturated carbocycles. The molecule has 3 aromatic rings. The number of hydrogen-bond donors (Lipinski definition) is 1. The summed E-state index contributed by atoms with van der Waals surface area (Å²) in [6.07, 6.45) is 9.03. The molecule has 156 valence electrons. The van der Waals surface area contributed by atoms with Gasteiger partial charge < -0.3 is 5.73 Å². The topological polar surface area (TPSA) is 29.3 Å². The lowest BCUT2D eigenvalue weighted by atomic mass is 9.86. The summed E-state index contributed by atoms with van der Waals surface area (Å²) in [6.45, 7) is 3.24. The highest BCUT2D eigenvalue weighted by Crippen LogP contribution is 2.38. The number of nitrogens with zero attached hydrogens (tertiary/aromatic N) is 1. The quantitative estimate of drug-likeness (QED) is 0.542. The second-order valence-electron chi connectivity index (χ2n) is 8.66. The largest absolute Gasteiger partial charge is 0.399 e. The number of piperidine rings is 1. The van der Waals surface area contributed by atoms with Crippen molar-refractivity contribution in [2.24, 2.45) is 0 Å². The molecular formula is C29H30N2. The van der Waals surface area contributed by atoms with Crippen LogP contribution in [0.4, 0.5) is 5.69 Å². The van der Waals surface area contributed by atoms with Gasteiger partial charge in [-0.2, -0.15) is 0 Å². The van der Waals surface area contributed by atoms with Crippen molar-refractivity contribution in [3.05, 3.63) is 112 Å². The molecule has 31 heavy (non-hydrogen) atoms. The number of hydrogen-bond acceptors (Lipinski definition) is 2. The van der Waals surface area contributed by atoms with Gasteiger partial charge in [0.2, 0.25) is 0 Å². The minimum atomic E-state index is 0.815. The zero-order chi connectivity index (χ0) is 21.0. The Hall–Kier alpha value is -3.10. The van der Waals surface area contributed by atoms with Gasteiger partial charge in [0.05, 0.1) is 0 Å². The van der Waals surface area contributed by atoms with Gasteiger partial charge in [-0.05, 0) is 71.2 Å². The SMILES string of the molecule is Nc1ccc(C=CCN2CCC(=C3c4ccccc4CCc4ccccc43)CC2)cc1. The molecule has 1 heterocycles. The van der Waals surface area contributed by atoms with Gasteiger partial charge in [0, 0.05) is 25.3 Å². The van der Waals surface area contributed by atoms with Crippen LogP contribution in [-0.2, 0) is 12.8 Å². The van der Waals surface area contributed by atoms with Crippen LogP contribution in [0, 0.1) is 0 Å². The average molecular weight is 407 g/mol. The Morgan fingerprint density at radius 1 is 0.710 bits per heavy atom. The number of rotatable bonds is 3. The van der Waals surface area contributed by atoms with Crippen LogP contribution in [0.25, 0.3) is 11.6 Å². The molecular weight excluding hydrogens is 376 g/mol. The molecule has 2 nitrogen and oxygen atoms in total. The van der Waals surface area contributed by atoms with E-state index in [0.717, 1.165) is 51.0 Å². The molecule has 0 bridgehead atoms. The number of nitrogens with two attached hydrogens (primary N) is 1. The normalized spacial score (nSPS) is 16.8. The van der Waals surface area contributed by atoms with E-state index in [9.17, 15) is 0 Å². The van der Waals surface area contributed by atoms with Gasteiger partial charge in [-0.1, -0.05) is 78.4 Å². The Morgan fingerprint density at radius 3 is 1.90 bits per heavy atom. The maximum Gasteiger partial charge on any atom is 0.0314 e. The lowest BCUT2D eigenvalue weighted by Gasteiger charge is -2.29. The number of nitrogen functional groups attached to an aromatic ring is 1. The third-order valence-corrected chi connectivity index (χ3v) is 6.66. The minimum Gasteiger partial charge on any atom is -0.399 e. The highest BCUT2D eigenvalue weighted by Gasteiger charge is 2.23. The molecule has 0 aromatic heterocycles. The molecule has 0 unspecified atom stereocenters. The van der Waals surface area contributed by atoms with Gasteiger partial charge in [-0.15, -0.1) is 0 Å². The second kappa shape index (κ2) is 8.95. The molecule has 1 aliphatic heterocycles. The molecule has 5 rings (SSSR count). The fraction of sp³-hybridized carbons (Fsp3) is 0.241. The average Bonchev–Trinajstić information content (AvgIpc) is 2.98. The standard InChI is InChI=1S/C29H30N2/c30-26-15-11-22(12-16-26)6-5-19-31-20-17-25(18-21-31)29-27-9-3-1-7-23(27)13-14-24-8-2-4-10-28(24)29/h1-12,15-16H,13-14,17-21,30H2. The van der Waals surface area contributed by atoms with Crippen molar-refractivity contribution in [2.75, 3.05) is 25.4 Å². The van der Waals surface area contributed by atoms with Crippen LogP contribution in [0.15, 0.2) is 84.4 Å². The van der Waals surface area contributed by atoms with E-state index in [1.807, 2.05) is 12.1 Å². The summed E-state index contributed by atoms with van der Waals surface area (Å²) < 4.78 is 0. The minimum absolute atomic E-state index is 0.815. The van der Waals surface area contributed by atoms with Crippen LogP contribution in [0.5, 0.6) is 0 Å². The molecule has 1 aliphatic carbocycles. The molecule has 0 amide bonds. The zero-order valence-corrected chi connectivity index (χ0v) is 18.1. The van der Waals surface area contributed by atoms with Crippen molar-refractivity contribution in [1.29, 1.82) is 0 Å². The monoisotopic (exact) mass is 406 g/mol. The molecule has 2 N–H and O–H groups in total. The first kappa shape index (κ1) is 19.8. The number of aryl methyl sites for hydroxylation is 2. The first-order valence-electron chi connectivity index (χ1n) is 11.4. The number of benzene rings is 3. The van der Waals surface area contributed by atoms with Crippen molar-refractivity contribution in [3.8, 4) is 0 Å². The lowest BCUT2D eigenvalue weighted by molar-refractivity contribution is 0.284. The Labute approximate surface area is 185 Å². The van der Waals surface area contributed by atoms with Crippen LogP contribution in [-0.4, -0.2) is 24.5 Å². The number of likely N-dealkylation sites (tertiary alicyclic amines) is 1.